The van der Waals surface area contributed by atoms with Gasteiger partial charge in [-0.15, -0.1) is 0 Å². The molecular formula is C18H22ClN3O2. The monoisotopic (exact) mass is 347 g/mol. The standard InChI is InChI=1S/C18H22ClN3O2/c1-18(2,3)11-15(23)22-9-5-8-14(22)17-20-16(21-24-17)12-6-4-7-13(19)10-12/h4,6-7,10,14H,5,8-9,11H2,1-3H3. The van der Waals surface area contributed by atoms with Crippen molar-refractivity contribution in [2.75, 3.05) is 6.54 Å². The number of carbonyl (C=O) groups is 1. The molecule has 0 radical (unpaired) electrons. The summed E-state index contributed by atoms with van der Waals surface area (Å²) in [4.78, 5) is 19.0. The zero-order valence-electron chi connectivity index (χ0n) is 14.3. The summed E-state index contributed by atoms with van der Waals surface area (Å²) in [6, 6.07) is 7.21. The molecule has 1 aromatic carbocycles. The topological polar surface area (TPSA) is 59.2 Å². The van der Waals surface area contributed by atoms with Gasteiger partial charge in [0.1, 0.15) is 6.04 Å². The van der Waals surface area contributed by atoms with E-state index in [0.29, 0.717) is 23.2 Å². The molecule has 1 atom stereocenters. The zero-order valence-corrected chi connectivity index (χ0v) is 15.0. The first-order valence-electron chi connectivity index (χ1n) is 8.22. The molecule has 2 aromatic rings. The highest BCUT2D eigenvalue weighted by atomic mass is 35.5. The number of hydrogen-bond donors (Lipinski definition) is 0. The Hall–Kier alpha value is -1.88. The minimum Gasteiger partial charge on any atom is -0.337 e. The molecule has 1 aromatic heterocycles. The van der Waals surface area contributed by atoms with E-state index in [1.165, 1.54) is 0 Å². The van der Waals surface area contributed by atoms with Gasteiger partial charge in [0.05, 0.1) is 0 Å². The van der Waals surface area contributed by atoms with Crippen LogP contribution < -0.4 is 0 Å². The average Bonchev–Trinajstić information content (AvgIpc) is 3.14. The molecular weight excluding hydrogens is 326 g/mol. The maximum absolute atomic E-state index is 12.6. The van der Waals surface area contributed by atoms with Crippen LogP contribution in [-0.4, -0.2) is 27.5 Å². The molecule has 1 fully saturated rings. The first kappa shape index (κ1) is 17.0. The molecule has 0 bridgehead atoms. The molecule has 1 unspecified atom stereocenters. The number of rotatable bonds is 3. The number of halogens is 1. The number of hydrogen-bond acceptors (Lipinski definition) is 4. The summed E-state index contributed by atoms with van der Waals surface area (Å²) in [5.41, 5.74) is 0.772. The Labute approximate surface area is 147 Å². The van der Waals surface area contributed by atoms with Crippen LogP contribution in [0.3, 0.4) is 0 Å². The van der Waals surface area contributed by atoms with E-state index in [1.807, 2.05) is 17.0 Å². The number of carbonyl (C=O) groups excluding carboxylic acids is 1. The highest BCUT2D eigenvalue weighted by molar-refractivity contribution is 6.30. The van der Waals surface area contributed by atoms with E-state index in [4.69, 9.17) is 16.1 Å². The highest BCUT2D eigenvalue weighted by Gasteiger charge is 2.35. The lowest BCUT2D eigenvalue weighted by Gasteiger charge is -2.26. The van der Waals surface area contributed by atoms with Crippen molar-refractivity contribution in [3.8, 4) is 11.4 Å². The fraction of sp³-hybridized carbons (Fsp3) is 0.500. The summed E-state index contributed by atoms with van der Waals surface area (Å²) in [6.45, 7) is 6.95. The van der Waals surface area contributed by atoms with Crippen LogP contribution in [0.5, 0.6) is 0 Å². The van der Waals surface area contributed by atoms with Crippen molar-refractivity contribution in [2.24, 2.45) is 5.41 Å². The molecule has 0 N–H and O–H groups in total. The highest BCUT2D eigenvalue weighted by Crippen LogP contribution is 2.34. The van der Waals surface area contributed by atoms with E-state index in [-0.39, 0.29) is 17.4 Å². The van der Waals surface area contributed by atoms with Crippen molar-refractivity contribution in [3.63, 3.8) is 0 Å². The third-order valence-electron chi connectivity index (χ3n) is 4.06. The molecule has 1 aliphatic rings. The number of benzene rings is 1. The largest absolute Gasteiger partial charge is 0.337 e. The second kappa shape index (κ2) is 6.55. The summed E-state index contributed by atoms with van der Waals surface area (Å²) >= 11 is 6.02. The minimum absolute atomic E-state index is 0.0367. The van der Waals surface area contributed by atoms with Gasteiger partial charge in [-0.2, -0.15) is 4.98 Å². The molecule has 0 spiro atoms. The quantitative estimate of drug-likeness (QED) is 0.820. The van der Waals surface area contributed by atoms with Crippen molar-refractivity contribution < 1.29 is 9.32 Å². The fourth-order valence-electron chi connectivity index (χ4n) is 2.99. The maximum atomic E-state index is 12.6. The van der Waals surface area contributed by atoms with Gasteiger partial charge in [0, 0.05) is 23.6 Å². The predicted octanol–water partition coefficient (Wildman–Crippen LogP) is 4.49. The number of nitrogens with zero attached hydrogens (tertiary/aromatic N) is 3. The lowest BCUT2D eigenvalue weighted by atomic mass is 9.91. The van der Waals surface area contributed by atoms with Gasteiger partial charge in [-0.05, 0) is 30.4 Å². The second-order valence-corrected chi connectivity index (χ2v) is 7.89. The van der Waals surface area contributed by atoms with Crippen molar-refractivity contribution in [1.82, 2.24) is 15.0 Å². The van der Waals surface area contributed by atoms with Gasteiger partial charge in [-0.3, -0.25) is 4.79 Å². The molecule has 2 heterocycles. The van der Waals surface area contributed by atoms with Crippen LogP contribution in [-0.2, 0) is 4.79 Å². The first-order chi connectivity index (χ1) is 11.3. The molecule has 5 nitrogen and oxygen atoms in total. The fourth-order valence-corrected chi connectivity index (χ4v) is 3.18. The van der Waals surface area contributed by atoms with Crippen LogP contribution in [0.15, 0.2) is 28.8 Å². The van der Waals surface area contributed by atoms with Gasteiger partial charge in [0.15, 0.2) is 0 Å². The van der Waals surface area contributed by atoms with Gasteiger partial charge in [0.2, 0.25) is 17.6 Å². The smallest absolute Gasteiger partial charge is 0.249 e. The predicted molar refractivity (Wildman–Crippen MR) is 92.5 cm³/mol. The van der Waals surface area contributed by atoms with Gasteiger partial charge in [-0.25, -0.2) is 0 Å². The third-order valence-corrected chi connectivity index (χ3v) is 4.30. The first-order valence-corrected chi connectivity index (χ1v) is 8.60. The zero-order chi connectivity index (χ0) is 17.3. The SMILES string of the molecule is CC(C)(C)CC(=O)N1CCCC1c1nc(-c2cccc(Cl)c2)no1. The van der Waals surface area contributed by atoms with E-state index in [9.17, 15) is 4.79 Å². The average molecular weight is 348 g/mol. The Balaban J connectivity index is 1.80. The van der Waals surface area contributed by atoms with Crippen LogP contribution in [0, 0.1) is 5.41 Å². The molecule has 1 amide bonds. The molecule has 1 aliphatic heterocycles. The summed E-state index contributed by atoms with van der Waals surface area (Å²) in [5.74, 6) is 1.15. The Kier molecular flexibility index (Phi) is 4.63. The number of aromatic nitrogens is 2. The molecule has 0 saturated carbocycles. The van der Waals surface area contributed by atoms with Crippen LogP contribution in [0.25, 0.3) is 11.4 Å². The molecule has 1 saturated heterocycles. The van der Waals surface area contributed by atoms with Crippen LogP contribution >= 0.6 is 11.6 Å². The summed E-state index contributed by atoms with van der Waals surface area (Å²) < 4.78 is 5.46. The van der Waals surface area contributed by atoms with E-state index in [1.54, 1.807) is 12.1 Å². The molecule has 24 heavy (non-hydrogen) atoms. The molecule has 128 valence electrons. The lowest BCUT2D eigenvalue weighted by molar-refractivity contribution is -0.134. The van der Waals surface area contributed by atoms with Crippen LogP contribution in [0.4, 0.5) is 0 Å². The van der Waals surface area contributed by atoms with E-state index < -0.39 is 0 Å². The summed E-state index contributed by atoms with van der Waals surface area (Å²) in [7, 11) is 0. The minimum atomic E-state index is -0.125. The van der Waals surface area contributed by atoms with Crippen molar-refractivity contribution in [3.05, 3.63) is 35.2 Å². The third kappa shape index (κ3) is 3.78. The van der Waals surface area contributed by atoms with Gasteiger partial charge in [-0.1, -0.05) is 49.7 Å². The van der Waals surface area contributed by atoms with Crippen LogP contribution in [0.1, 0.15) is 52.0 Å². The Morgan fingerprint density at radius 2 is 2.21 bits per heavy atom. The van der Waals surface area contributed by atoms with Crippen molar-refractivity contribution in [1.29, 1.82) is 0 Å². The van der Waals surface area contributed by atoms with Crippen molar-refractivity contribution in [2.45, 2.75) is 46.1 Å². The Morgan fingerprint density at radius 3 is 2.92 bits per heavy atom. The Bertz CT molecular complexity index is 736. The number of likely N-dealkylation sites (tertiary alicyclic amines) is 1. The van der Waals surface area contributed by atoms with Gasteiger partial charge >= 0.3 is 0 Å². The van der Waals surface area contributed by atoms with E-state index in [2.05, 4.69) is 30.9 Å². The van der Waals surface area contributed by atoms with E-state index in [0.717, 1.165) is 24.9 Å². The normalized spacial score (nSPS) is 18.2. The van der Waals surface area contributed by atoms with E-state index >= 15 is 0 Å². The molecule has 3 rings (SSSR count). The number of amides is 1. The maximum Gasteiger partial charge on any atom is 0.249 e. The molecule has 6 heteroatoms. The molecule has 0 aliphatic carbocycles. The van der Waals surface area contributed by atoms with Gasteiger partial charge in [0.25, 0.3) is 0 Å². The summed E-state index contributed by atoms with van der Waals surface area (Å²) in [6.07, 6.45) is 2.32. The summed E-state index contributed by atoms with van der Waals surface area (Å²) in [5, 5.41) is 4.68. The Morgan fingerprint density at radius 1 is 1.42 bits per heavy atom. The second-order valence-electron chi connectivity index (χ2n) is 7.45. The lowest BCUT2D eigenvalue weighted by Crippen LogP contribution is -2.33. The van der Waals surface area contributed by atoms with Crippen molar-refractivity contribution >= 4 is 17.5 Å². The van der Waals surface area contributed by atoms with Crippen LogP contribution in [0.2, 0.25) is 5.02 Å². The van der Waals surface area contributed by atoms with Gasteiger partial charge < -0.3 is 9.42 Å².